The predicted molar refractivity (Wildman–Crippen MR) is 93.2 cm³/mol. The number of carbonyl (C=O) groups is 2. The summed E-state index contributed by atoms with van der Waals surface area (Å²) in [7, 11) is 0. The van der Waals surface area contributed by atoms with Crippen molar-refractivity contribution in [1.82, 2.24) is 0 Å². The summed E-state index contributed by atoms with van der Waals surface area (Å²) in [4.78, 5) is 24.9. The van der Waals surface area contributed by atoms with E-state index in [1.54, 1.807) is 0 Å². The summed E-state index contributed by atoms with van der Waals surface area (Å²) < 4.78 is 11.3. The molecule has 2 fully saturated rings. The largest absolute Gasteiger partial charge is 0.462 e. The van der Waals surface area contributed by atoms with Gasteiger partial charge in [0.2, 0.25) is 0 Å². The van der Waals surface area contributed by atoms with Gasteiger partial charge in [-0.05, 0) is 64.2 Å². The maximum atomic E-state index is 12.6. The van der Waals surface area contributed by atoms with Crippen LogP contribution in [0.2, 0.25) is 0 Å². The fourth-order valence-electron chi connectivity index (χ4n) is 3.76. The van der Waals surface area contributed by atoms with Gasteiger partial charge in [-0.15, -0.1) is 0 Å². The van der Waals surface area contributed by atoms with Gasteiger partial charge in [0.1, 0.15) is 12.2 Å². The topological polar surface area (TPSA) is 52.6 Å². The molecule has 1 radical (unpaired) electrons. The van der Waals surface area contributed by atoms with E-state index in [4.69, 9.17) is 9.47 Å². The van der Waals surface area contributed by atoms with E-state index in [9.17, 15) is 9.59 Å². The van der Waals surface area contributed by atoms with E-state index in [0.29, 0.717) is 0 Å². The minimum absolute atomic E-state index is 0.0205. The van der Waals surface area contributed by atoms with E-state index in [-0.39, 0.29) is 36.5 Å². The molecule has 0 amide bonds. The summed E-state index contributed by atoms with van der Waals surface area (Å²) in [6.07, 6.45) is 11.6. The maximum absolute atomic E-state index is 12.6. The number of hydrogen-bond acceptors (Lipinski definition) is 4. The third kappa shape index (κ3) is 6.10. The van der Waals surface area contributed by atoms with Crippen molar-refractivity contribution < 1.29 is 19.1 Å². The molecular formula is C20H33O4. The minimum atomic E-state index is -0.479. The Balaban J connectivity index is 1.86. The van der Waals surface area contributed by atoms with Crippen molar-refractivity contribution in [3.8, 4) is 0 Å². The predicted octanol–water partition coefficient (Wildman–Crippen LogP) is 4.60. The van der Waals surface area contributed by atoms with E-state index in [2.05, 4.69) is 6.92 Å². The lowest BCUT2D eigenvalue weighted by molar-refractivity contribution is -0.164. The maximum Gasteiger partial charge on any atom is 0.310 e. The van der Waals surface area contributed by atoms with Crippen LogP contribution in [0, 0.1) is 18.8 Å². The Kier molecular flexibility index (Phi) is 8.07. The molecule has 4 nitrogen and oxygen atoms in total. The Bertz CT molecular complexity index is 394. The van der Waals surface area contributed by atoms with Crippen LogP contribution in [-0.4, -0.2) is 24.1 Å². The van der Waals surface area contributed by atoms with E-state index in [0.717, 1.165) is 57.8 Å². The van der Waals surface area contributed by atoms with E-state index in [1.807, 2.05) is 6.92 Å². The zero-order chi connectivity index (χ0) is 17.4. The van der Waals surface area contributed by atoms with Gasteiger partial charge in [-0.2, -0.15) is 0 Å². The molecule has 0 aromatic carbocycles. The van der Waals surface area contributed by atoms with Crippen LogP contribution in [0.25, 0.3) is 0 Å². The van der Waals surface area contributed by atoms with E-state index >= 15 is 0 Å². The normalized spacial score (nSPS) is 22.6. The lowest BCUT2D eigenvalue weighted by atomic mass is 9.88. The van der Waals surface area contributed by atoms with Gasteiger partial charge in [-0.3, -0.25) is 9.59 Å². The zero-order valence-electron chi connectivity index (χ0n) is 15.1. The summed E-state index contributed by atoms with van der Waals surface area (Å²) >= 11 is 0. The highest BCUT2D eigenvalue weighted by molar-refractivity contribution is 5.80. The number of esters is 2. The van der Waals surface area contributed by atoms with Crippen LogP contribution in [0.3, 0.4) is 0 Å². The van der Waals surface area contributed by atoms with Crippen molar-refractivity contribution in [2.24, 2.45) is 11.8 Å². The van der Waals surface area contributed by atoms with Crippen molar-refractivity contribution >= 4 is 11.9 Å². The molecule has 0 saturated heterocycles. The van der Waals surface area contributed by atoms with Crippen molar-refractivity contribution in [1.29, 1.82) is 0 Å². The third-order valence-corrected chi connectivity index (χ3v) is 5.47. The zero-order valence-corrected chi connectivity index (χ0v) is 15.1. The highest BCUT2D eigenvalue weighted by Crippen LogP contribution is 2.27. The van der Waals surface area contributed by atoms with E-state index in [1.165, 1.54) is 12.8 Å². The molecule has 0 N–H and O–H groups in total. The first kappa shape index (κ1) is 19.3. The lowest BCUT2D eigenvalue weighted by Gasteiger charge is -2.27. The average molecular weight is 337 g/mol. The summed E-state index contributed by atoms with van der Waals surface area (Å²) in [6.45, 7) is 6.05. The van der Waals surface area contributed by atoms with Crippen LogP contribution >= 0.6 is 0 Å². The van der Waals surface area contributed by atoms with Gasteiger partial charge in [0, 0.05) is 0 Å². The van der Waals surface area contributed by atoms with Gasteiger partial charge in [0.15, 0.2) is 0 Å². The first-order valence-corrected chi connectivity index (χ1v) is 9.83. The Morgan fingerprint density at radius 2 is 1.42 bits per heavy atom. The first-order chi connectivity index (χ1) is 11.6. The Hall–Kier alpha value is -1.06. The molecule has 2 aliphatic carbocycles. The molecule has 0 aromatic heterocycles. The number of carbonyl (C=O) groups excluding carboxylic acids is 2. The fourth-order valence-corrected chi connectivity index (χ4v) is 3.76. The highest BCUT2D eigenvalue weighted by atomic mass is 16.6. The summed E-state index contributed by atoms with van der Waals surface area (Å²) in [6, 6.07) is 0. The molecule has 137 valence electrons. The van der Waals surface area contributed by atoms with Gasteiger partial charge in [-0.1, -0.05) is 26.2 Å². The van der Waals surface area contributed by atoms with Gasteiger partial charge in [0.05, 0.1) is 12.3 Å². The van der Waals surface area contributed by atoms with Gasteiger partial charge in [-0.25, -0.2) is 0 Å². The van der Waals surface area contributed by atoms with Crippen LogP contribution in [0.15, 0.2) is 0 Å². The van der Waals surface area contributed by atoms with Crippen LogP contribution < -0.4 is 0 Å². The van der Waals surface area contributed by atoms with Crippen molar-refractivity contribution in [3.63, 3.8) is 0 Å². The number of hydrogen-bond donors (Lipinski definition) is 0. The molecule has 4 heteroatoms. The molecule has 0 heterocycles. The second-order valence-electron chi connectivity index (χ2n) is 7.43. The molecule has 0 aliphatic heterocycles. The molecule has 2 unspecified atom stereocenters. The Morgan fingerprint density at radius 3 is 1.92 bits per heavy atom. The second kappa shape index (κ2) is 10.0. The summed E-state index contributed by atoms with van der Waals surface area (Å²) in [5.41, 5.74) is 0. The van der Waals surface area contributed by atoms with Crippen molar-refractivity contribution in [3.05, 3.63) is 6.92 Å². The number of ether oxygens (including phenoxy) is 2. The van der Waals surface area contributed by atoms with Gasteiger partial charge < -0.3 is 9.47 Å². The van der Waals surface area contributed by atoms with Gasteiger partial charge in [0.25, 0.3) is 0 Å². The van der Waals surface area contributed by atoms with Crippen LogP contribution in [-0.2, 0) is 19.1 Å². The van der Waals surface area contributed by atoms with Crippen molar-refractivity contribution in [2.45, 2.75) is 96.2 Å². The molecule has 0 bridgehead atoms. The Morgan fingerprint density at radius 1 is 0.917 bits per heavy atom. The molecule has 0 spiro atoms. The van der Waals surface area contributed by atoms with Crippen LogP contribution in [0.4, 0.5) is 0 Å². The molecular weight excluding hydrogens is 304 g/mol. The SMILES string of the molecule is [CH2]C(CC)C(CC(=O)OC1CCCCC1)C(=O)OC1CCCCC1. The fraction of sp³-hybridized carbons (Fsp3) is 0.850. The molecule has 2 saturated carbocycles. The number of rotatable bonds is 7. The summed E-state index contributed by atoms with van der Waals surface area (Å²) in [5, 5.41) is 0. The van der Waals surface area contributed by atoms with Gasteiger partial charge >= 0.3 is 11.9 Å². The molecule has 2 rings (SSSR count). The van der Waals surface area contributed by atoms with Crippen LogP contribution in [0.1, 0.15) is 84.0 Å². The lowest BCUT2D eigenvalue weighted by Crippen LogP contribution is -2.32. The molecule has 2 atom stereocenters. The molecule has 0 aromatic rings. The standard InChI is InChI=1S/C20H33O4/c1-3-15(2)18(20(22)24-17-12-8-5-9-13-17)14-19(21)23-16-10-6-4-7-11-16/h15-18H,2-14H2,1H3. The Labute approximate surface area is 146 Å². The smallest absolute Gasteiger partial charge is 0.310 e. The monoisotopic (exact) mass is 337 g/mol. The molecule has 2 aliphatic rings. The third-order valence-electron chi connectivity index (χ3n) is 5.47. The summed E-state index contributed by atoms with van der Waals surface area (Å²) in [5.74, 6) is -1.12. The van der Waals surface area contributed by atoms with Crippen LogP contribution in [0.5, 0.6) is 0 Å². The second-order valence-corrected chi connectivity index (χ2v) is 7.43. The average Bonchev–Trinajstić information content (AvgIpc) is 2.60. The van der Waals surface area contributed by atoms with Crippen molar-refractivity contribution in [2.75, 3.05) is 0 Å². The first-order valence-electron chi connectivity index (χ1n) is 9.83. The minimum Gasteiger partial charge on any atom is -0.462 e. The van der Waals surface area contributed by atoms with E-state index < -0.39 is 5.92 Å². The highest BCUT2D eigenvalue weighted by Gasteiger charge is 2.32. The quantitative estimate of drug-likeness (QED) is 0.637. The molecule has 24 heavy (non-hydrogen) atoms.